The average molecular weight is 396 g/mol. The molecule has 2 heterocycles. The van der Waals surface area contributed by atoms with E-state index in [1.807, 2.05) is 35.2 Å². The number of methoxy groups -OCH3 is 1. The smallest absolute Gasteiger partial charge is 0.223 e. The van der Waals surface area contributed by atoms with Crippen molar-refractivity contribution in [2.45, 2.75) is 19.4 Å². The van der Waals surface area contributed by atoms with Crippen LogP contribution in [0.5, 0.6) is 5.88 Å². The highest BCUT2D eigenvalue weighted by Gasteiger charge is 2.29. The van der Waals surface area contributed by atoms with Gasteiger partial charge in [0.2, 0.25) is 11.8 Å². The number of rotatable bonds is 8. The minimum absolute atomic E-state index is 0.232. The van der Waals surface area contributed by atoms with Crippen LogP contribution >= 0.6 is 0 Å². The zero-order valence-corrected chi connectivity index (χ0v) is 17.1. The van der Waals surface area contributed by atoms with Crippen molar-refractivity contribution >= 4 is 11.9 Å². The van der Waals surface area contributed by atoms with Gasteiger partial charge < -0.3 is 20.3 Å². The van der Waals surface area contributed by atoms with Crippen molar-refractivity contribution in [3.63, 3.8) is 0 Å². The number of aromatic nitrogens is 1. The summed E-state index contributed by atoms with van der Waals surface area (Å²) in [5.41, 5.74) is 2.22. The standard InChI is InChI=1S/C22H29N5O2/c1-23-22(26-15-19-9-6-11-24-21(19)29-2)25-14-18-13-20(28)27(16-18)12-10-17-7-4-3-5-8-17/h3-9,11,18H,10,12-16H2,1-2H3,(H2,23,25,26). The maximum atomic E-state index is 12.3. The summed E-state index contributed by atoms with van der Waals surface area (Å²) in [6.45, 7) is 2.82. The van der Waals surface area contributed by atoms with E-state index in [0.717, 1.165) is 25.1 Å². The number of pyridine rings is 1. The lowest BCUT2D eigenvalue weighted by Gasteiger charge is -2.18. The monoisotopic (exact) mass is 395 g/mol. The summed E-state index contributed by atoms with van der Waals surface area (Å²) in [6, 6.07) is 14.1. The molecule has 1 aliphatic heterocycles. The molecule has 0 aliphatic carbocycles. The number of nitrogens with one attached hydrogen (secondary N) is 2. The van der Waals surface area contributed by atoms with Crippen molar-refractivity contribution in [1.82, 2.24) is 20.5 Å². The number of guanidine groups is 1. The van der Waals surface area contributed by atoms with Crippen LogP contribution in [-0.4, -0.2) is 55.5 Å². The molecule has 2 N–H and O–H groups in total. The van der Waals surface area contributed by atoms with Crippen LogP contribution in [-0.2, 0) is 17.8 Å². The number of hydrogen-bond acceptors (Lipinski definition) is 4. The second-order valence-corrected chi connectivity index (χ2v) is 7.12. The fourth-order valence-electron chi connectivity index (χ4n) is 3.50. The minimum Gasteiger partial charge on any atom is -0.481 e. The quantitative estimate of drug-likeness (QED) is 0.527. The van der Waals surface area contributed by atoms with Gasteiger partial charge in [-0.3, -0.25) is 9.79 Å². The van der Waals surface area contributed by atoms with Crippen LogP contribution < -0.4 is 15.4 Å². The summed E-state index contributed by atoms with van der Waals surface area (Å²) in [5, 5.41) is 6.61. The number of nitrogens with zero attached hydrogens (tertiary/aromatic N) is 3. The van der Waals surface area contributed by atoms with Crippen LogP contribution in [0.3, 0.4) is 0 Å². The molecule has 7 nitrogen and oxygen atoms in total. The molecule has 3 rings (SSSR count). The predicted molar refractivity (Wildman–Crippen MR) is 114 cm³/mol. The van der Waals surface area contributed by atoms with E-state index in [4.69, 9.17) is 4.74 Å². The molecule has 154 valence electrons. The lowest BCUT2D eigenvalue weighted by molar-refractivity contribution is -0.127. The first-order valence-corrected chi connectivity index (χ1v) is 9.93. The molecule has 1 aliphatic rings. The Morgan fingerprint density at radius 3 is 2.83 bits per heavy atom. The zero-order chi connectivity index (χ0) is 20.5. The van der Waals surface area contributed by atoms with E-state index in [9.17, 15) is 4.79 Å². The van der Waals surface area contributed by atoms with Gasteiger partial charge in [0, 0.05) is 57.3 Å². The summed E-state index contributed by atoms with van der Waals surface area (Å²) in [4.78, 5) is 22.8. The molecule has 2 aromatic rings. The molecule has 1 fully saturated rings. The van der Waals surface area contributed by atoms with Crippen LogP contribution in [0.1, 0.15) is 17.5 Å². The molecular weight excluding hydrogens is 366 g/mol. The van der Waals surface area contributed by atoms with Crippen molar-refractivity contribution in [3.8, 4) is 5.88 Å². The Kier molecular flexibility index (Phi) is 7.44. The van der Waals surface area contributed by atoms with Crippen molar-refractivity contribution < 1.29 is 9.53 Å². The van der Waals surface area contributed by atoms with Crippen molar-refractivity contribution in [2.24, 2.45) is 10.9 Å². The van der Waals surface area contributed by atoms with E-state index >= 15 is 0 Å². The van der Waals surface area contributed by atoms with Crippen LogP contribution in [0.15, 0.2) is 53.7 Å². The van der Waals surface area contributed by atoms with Crippen molar-refractivity contribution in [3.05, 3.63) is 59.8 Å². The summed E-state index contributed by atoms with van der Waals surface area (Å²) in [6.07, 6.45) is 3.17. The number of amides is 1. The molecular formula is C22H29N5O2. The molecule has 0 spiro atoms. The molecule has 1 aromatic carbocycles. The van der Waals surface area contributed by atoms with Gasteiger partial charge in [-0.1, -0.05) is 36.4 Å². The molecule has 7 heteroatoms. The van der Waals surface area contributed by atoms with Crippen molar-refractivity contribution in [1.29, 1.82) is 0 Å². The van der Waals surface area contributed by atoms with Crippen molar-refractivity contribution in [2.75, 3.05) is 33.8 Å². The number of carbonyl (C=O) groups excluding carboxylic acids is 1. The van der Waals surface area contributed by atoms with Crippen LogP contribution in [0, 0.1) is 5.92 Å². The van der Waals surface area contributed by atoms with Gasteiger partial charge in [0.05, 0.1) is 7.11 Å². The Balaban J connectivity index is 1.43. The van der Waals surface area contributed by atoms with Gasteiger partial charge in [0.25, 0.3) is 0 Å². The van der Waals surface area contributed by atoms with E-state index in [1.54, 1.807) is 20.4 Å². The topological polar surface area (TPSA) is 78.9 Å². The molecule has 1 atom stereocenters. The highest BCUT2D eigenvalue weighted by atomic mass is 16.5. The molecule has 1 aromatic heterocycles. The Hall–Kier alpha value is -3.09. The van der Waals surface area contributed by atoms with E-state index < -0.39 is 0 Å². The summed E-state index contributed by atoms with van der Waals surface area (Å²) in [7, 11) is 3.35. The van der Waals surface area contributed by atoms with E-state index in [-0.39, 0.29) is 11.8 Å². The number of likely N-dealkylation sites (tertiary alicyclic amines) is 1. The summed E-state index contributed by atoms with van der Waals surface area (Å²) >= 11 is 0. The fourth-order valence-corrected chi connectivity index (χ4v) is 3.50. The number of aliphatic imine (C=N–C) groups is 1. The summed E-state index contributed by atoms with van der Waals surface area (Å²) in [5.74, 6) is 1.82. The Morgan fingerprint density at radius 1 is 1.24 bits per heavy atom. The number of carbonyl (C=O) groups is 1. The van der Waals surface area contributed by atoms with Gasteiger partial charge in [-0.05, 0) is 18.1 Å². The van der Waals surface area contributed by atoms with Gasteiger partial charge in [0.1, 0.15) is 0 Å². The Bertz CT molecular complexity index is 825. The van der Waals surface area contributed by atoms with Crippen LogP contribution in [0.4, 0.5) is 0 Å². The first kappa shape index (κ1) is 20.6. The van der Waals surface area contributed by atoms with Gasteiger partial charge in [0.15, 0.2) is 5.96 Å². The normalized spacial score (nSPS) is 16.8. The third-order valence-corrected chi connectivity index (χ3v) is 5.08. The van der Waals surface area contributed by atoms with Crippen LogP contribution in [0.2, 0.25) is 0 Å². The lowest BCUT2D eigenvalue weighted by atomic mass is 10.1. The Labute approximate surface area is 172 Å². The first-order chi connectivity index (χ1) is 14.2. The van der Waals surface area contributed by atoms with Gasteiger partial charge >= 0.3 is 0 Å². The molecule has 29 heavy (non-hydrogen) atoms. The van der Waals surface area contributed by atoms with E-state index in [1.165, 1.54) is 5.56 Å². The maximum absolute atomic E-state index is 12.3. The predicted octanol–water partition coefficient (Wildman–Crippen LogP) is 1.85. The van der Waals surface area contributed by atoms with E-state index in [0.29, 0.717) is 31.3 Å². The van der Waals surface area contributed by atoms with Gasteiger partial charge in [-0.25, -0.2) is 4.98 Å². The SMILES string of the molecule is CN=C(NCc1cccnc1OC)NCC1CC(=O)N(CCc2ccccc2)C1. The van der Waals surface area contributed by atoms with Gasteiger partial charge in [-0.15, -0.1) is 0 Å². The summed E-state index contributed by atoms with van der Waals surface area (Å²) < 4.78 is 5.28. The Morgan fingerprint density at radius 2 is 2.07 bits per heavy atom. The number of benzene rings is 1. The fraction of sp³-hybridized carbons (Fsp3) is 0.409. The lowest BCUT2D eigenvalue weighted by Crippen LogP contribution is -2.40. The molecule has 1 unspecified atom stereocenters. The largest absolute Gasteiger partial charge is 0.481 e. The average Bonchev–Trinajstić information content (AvgIpc) is 3.12. The number of hydrogen-bond donors (Lipinski definition) is 2. The van der Waals surface area contributed by atoms with Gasteiger partial charge in [-0.2, -0.15) is 0 Å². The maximum Gasteiger partial charge on any atom is 0.223 e. The second-order valence-electron chi connectivity index (χ2n) is 7.12. The highest BCUT2D eigenvalue weighted by Crippen LogP contribution is 2.18. The molecule has 0 saturated carbocycles. The number of ether oxygens (including phenoxy) is 1. The molecule has 0 radical (unpaired) electrons. The second kappa shape index (κ2) is 10.5. The molecule has 0 bridgehead atoms. The van der Waals surface area contributed by atoms with Crippen LogP contribution in [0.25, 0.3) is 0 Å². The zero-order valence-electron chi connectivity index (χ0n) is 17.1. The molecule has 1 saturated heterocycles. The third kappa shape index (κ3) is 5.94. The minimum atomic E-state index is 0.232. The highest BCUT2D eigenvalue weighted by molar-refractivity contribution is 5.80. The molecule has 1 amide bonds. The first-order valence-electron chi connectivity index (χ1n) is 9.93. The third-order valence-electron chi connectivity index (χ3n) is 5.08. The van der Waals surface area contributed by atoms with E-state index in [2.05, 4.69) is 32.7 Å².